The molecule has 0 atom stereocenters. The van der Waals surface area contributed by atoms with Crippen molar-refractivity contribution in [1.29, 1.82) is 0 Å². The van der Waals surface area contributed by atoms with Crippen molar-refractivity contribution >= 4 is 40.6 Å². The number of halogens is 1. The lowest BCUT2D eigenvalue weighted by Crippen LogP contribution is -2.30. The second-order valence-electron chi connectivity index (χ2n) is 4.25. The average Bonchev–Trinajstić information content (AvgIpc) is 2.70. The van der Waals surface area contributed by atoms with Gasteiger partial charge in [0.2, 0.25) is 0 Å². The van der Waals surface area contributed by atoms with E-state index in [1.807, 2.05) is 22.6 Å². The van der Waals surface area contributed by atoms with Crippen LogP contribution in [0, 0.1) is 3.57 Å². The molecule has 2 N–H and O–H groups in total. The largest absolute Gasteiger partial charge is 0.504 e. The molecular weight excluding hydrogens is 387 g/mol. The van der Waals surface area contributed by atoms with E-state index in [1.54, 1.807) is 12.1 Å². The highest BCUT2D eigenvalue weighted by Crippen LogP contribution is 2.33. The van der Waals surface area contributed by atoms with E-state index in [2.05, 4.69) is 11.9 Å². The summed E-state index contributed by atoms with van der Waals surface area (Å²) in [7, 11) is 1.44. The standard InChI is InChI=1S/C14H13IN2O4/c1-3-4-17-13(19)10(16-14(17)20)6-8-5-9(15)12(18)11(7-8)21-2/h3,5-7,18H,1,4H2,2H3,(H,16,20)/b10-6+. The number of amides is 3. The number of hydrogen-bond acceptors (Lipinski definition) is 4. The summed E-state index contributed by atoms with van der Waals surface area (Å²) in [6.07, 6.45) is 3.01. The SMILES string of the molecule is C=CCN1C(=O)N/C(=C/c2cc(I)c(O)c(OC)c2)C1=O. The van der Waals surface area contributed by atoms with E-state index in [1.165, 1.54) is 19.3 Å². The van der Waals surface area contributed by atoms with Gasteiger partial charge in [0.05, 0.1) is 10.7 Å². The predicted octanol–water partition coefficient (Wildman–Crippen LogP) is 2.08. The summed E-state index contributed by atoms with van der Waals surface area (Å²) in [5, 5.41) is 12.3. The summed E-state index contributed by atoms with van der Waals surface area (Å²) in [6.45, 7) is 3.66. The number of hydrogen-bond donors (Lipinski definition) is 2. The third-order valence-corrected chi connectivity index (χ3v) is 3.68. The maximum atomic E-state index is 12.1. The molecule has 0 aromatic heterocycles. The Labute approximate surface area is 135 Å². The number of rotatable bonds is 4. The Morgan fingerprint density at radius 2 is 2.19 bits per heavy atom. The first-order chi connectivity index (χ1) is 9.97. The Bertz CT molecular complexity index is 655. The van der Waals surface area contributed by atoms with Crippen molar-refractivity contribution < 1.29 is 19.4 Å². The lowest BCUT2D eigenvalue weighted by molar-refractivity contribution is -0.122. The molecule has 1 aliphatic rings. The van der Waals surface area contributed by atoms with Gasteiger partial charge in [-0.2, -0.15) is 0 Å². The lowest BCUT2D eigenvalue weighted by Gasteiger charge is -2.07. The fraction of sp³-hybridized carbons (Fsp3) is 0.143. The Balaban J connectivity index is 2.37. The molecule has 1 heterocycles. The zero-order valence-electron chi connectivity index (χ0n) is 11.2. The quantitative estimate of drug-likeness (QED) is 0.351. The lowest BCUT2D eigenvalue weighted by atomic mass is 10.1. The van der Waals surface area contributed by atoms with Gasteiger partial charge in [0.15, 0.2) is 11.5 Å². The number of nitrogens with one attached hydrogen (secondary N) is 1. The third-order valence-electron chi connectivity index (χ3n) is 2.86. The molecule has 0 saturated carbocycles. The number of nitrogens with zero attached hydrogens (tertiary/aromatic N) is 1. The Morgan fingerprint density at radius 3 is 2.81 bits per heavy atom. The molecule has 0 aliphatic carbocycles. The zero-order valence-corrected chi connectivity index (χ0v) is 13.4. The highest BCUT2D eigenvalue weighted by atomic mass is 127. The minimum absolute atomic E-state index is 0.0373. The van der Waals surface area contributed by atoms with Crippen LogP contribution in [0.3, 0.4) is 0 Å². The number of benzene rings is 1. The molecule has 0 unspecified atom stereocenters. The topological polar surface area (TPSA) is 78.9 Å². The van der Waals surface area contributed by atoms with Crippen LogP contribution >= 0.6 is 22.6 Å². The molecule has 3 amide bonds. The summed E-state index contributed by atoms with van der Waals surface area (Å²) in [6, 6.07) is 2.78. The fourth-order valence-electron chi connectivity index (χ4n) is 1.87. The minimum atomic E-state index is -0.480. The number of aromatic hydroxyl groups is 1. The molecular formula is C14H13IN2O4. The zero-order chi connectivity index (χ0) is 15.6. The van der Waals surface area contributed by atoms with Crippen molar-refractivity contribution in [2.24, 2.45) is 0 Å². The Morgan fingerprint density at radius 1 is 1.48 bits per heavy atom. The van der Waals surface area contributed by atoms with Gasteiger partial charge in [0, 0.05) is 6.54 Å². The summed E-state index contributed by atoms with van der Waals surface area (Å²) in [5.41, 5.74) is 0.809. The first kappa shape index (κ1) is 15.4. The summed E-state index contributed by atoms with van der Waals surface area (Å²) in [4.78, 5) is 24.8. The van der Waals surface area contributed by atoms with Crippen LogP contribution in [0.15, 0.2) is 30.5 Å². The average molecular weight is 400 g/mol. The third kappa shape index (κ3) is 3.02. The maximum absolute atomic E-state index is 12.1. The van der Waals surface area contributed by atoms with Crippen LogP contribution < -0.4 is 10.1 Å². The number of carbonyl (C=O) groups is 2. The van der Waals surface area contributed by atoms with Gasteiger partial charge in [-0.3, -0.25) is 9.69 Å². The molecule has 2 rings (SSSR count). The normalized spacial score (nSPS) is 16.3. The van der Waals surface area contributed by atoms with Crippen molar-refractivity contribution in [3.05, 3.63) is 39.6 Å². The van der Waals surface area contributed by atoms with Crippen LogP contribution in [-0.4, -0.2) is 35.6 Å². The van der Waals surface area contributed by atoms with E-state index >= 15 is 0 Å². The van der Waals surface area contributed by atoms with Crippen molar-refractivity contribution in [2.45, 2.75) is 0 Å². The van der Waals surface area contributed by atoms with E-state index in [0.29, 0.717) is 14.9 Å². The van der Waals surface area contributed by atoms with Gasteiger partial charge in [0.1, 0.15) is 5.70 Å². The molecule has 1 aromatic carbocycles. The van der Waals surface area contributed by atoms with Gasteiger partial charge in [-0.1, -0.05) is 6.08 Å². The molecule has 0 bridgehead atoms. The van der Waals surface area contributed by atoms with Crippen molar-refractivity contribution in [1.82, 2.24) is 10.2 Å². The predicted molar refractivity (Wildman–Crippen MR) is 85.8 cm³/mol. The number of methoxy groups -OCH3 is 1. The van der Waals surface area contributed by atoms with Crippen molar-refractivity contribution in [2.75, 3.05) is 13.7 Å². The number of carbonyl (C=O) groups excluding carboxylic acids is 2. The van der Waals surface area contributed by atoms with Gasteiger partial charge in [0.25, 0.3) is 5.91 Å². The first-order valence-corrected chi connectivity index (χ1v) is 7.07. The van der Waals surface area contributed by atoms with Gasteiger partial charge in [-0.05, 0) is 46.4 Å². The minimum Gasteiger partial charge on any atom is -0.504 e. The van der Waals surface area contributed by atoms with Crippen LogP contribution in [0.5, 0.6) is 11.5 Å². The summed E-state index contributed by atoms with van der Waals surface area (Å²) in [5.74, 6) is -0.0780. The van der Waals surface area contributed by atoms with E-state index in [0.717, 1.165) is 4.90 Å². The molecule has 6 nitrogen and oxygen atoms in total. The molecule has 0 spiro atoms. The van der Waals surface area contributed by atoms with Gasteiger partial charge < -0.3 is 15.2 Å². The van der Waals surface area contributed by atoms with E-state index < -0.39 is 11.9 Å². The summed E-state index contributed by atoms with van der Waals surface area (Å²) >= 11 is 1.96. The molecule has 110 valence electrons. The Hall–Kier alpha value is -2.03. The van der Waals surface area contributed by atoms with Crippen LogP contribution in [-0.2, 0) is 4.79 Å². The highest BCUT2D eigenvalue weighted by molar-refractivity contribution is 14.1. The number of phenols is 1. The highest BCUT2D eigenvalue weighted by Gasteiger charge is 2.32. The van der Waals surface area contributed by atoms with E-state index in [-0.39, 0.29) is 18.0 Å². The van der Waals surface area contributed by atoms with Crippen LogP contribution in [0.25, 0.3) is 6.08 Å². The first-order valence-electron chi connectivity index (χ1n) is 6.00. The summed E-state index contributed by atoms with van der Waals surface area (Å²) < 4.78 is 5.64. The molecule has 1 aromatic rings. The van der Waals surface area contributed by atoms with E-state index in [4.69, 9.17) is 4.74 Å². The van der Waals surface area contributed by atoms with Crippen molar-refractivity contribution in [3.8, 4) is 11.5 Å². The van der Waals surface area contributed by atoms with Crippen LogP contribution in [0.4, 0.5) is 4.79 Å². The molecule has 0 radical (unpaired) electrons. The van der Waals surface area contributed by atoms with Gasteiger partial charge >= 0.3 is 6.03 Å². The fourth-order valence-corrected chi connectivity index (χ4v) is 2.49. The molecule has 1 saturated heterocycles. The van der Waals surface area contributed by atoms with E-state index in [9.17, 15) is 14.7 Å². The molecule has 1 aliphatic heterocycles. The molecule has 21 heavy (non-hydrogen) atoms. The van der Waals surface area contributed by atoms with Crippen LogP contribution in [0.2, 0.25) is 0 Å². The Kier molecular flexibility index (Phi) is 4.51. The second-order valence-corrected chi connectivity index (χ2v) is 5.41. The maximum Gasteiger partial charge on any atom is 0.329 e. The number of imide groups is 1. The van der Waals surface area contributed by atoms with Gasteiger partial charge in [-0.15, -0.1) is 6.58 Å². The number of ether oxygens (including phenoxy) is 1. The van der Waals surface area contributed by atoms with Crippen LogP contribution in [0.1, 0.15) is 5.56 Å². The number of urea groups is 1. The second kappa shape index (κ2) is 6.17. The number of phenolic OH excluding ortho intramolecular Hbond substituents is 1. The molecule has 1 fully saturated rings. The monoisotopic (exact) mass is 400 g/mol. The van der Waals surface area contributed by atoms with Gasteiger partial charge in [-0.25, -0.2) is 4.79 Å². The smallest absolute Gasteiger partial charge is 0.329 e. The molecule has 7 heteroatoms. The van der Waals surface area contributed by atoms with Crippen molar-refractivity contribution in [3.63, 3.8) is 0 Å².